The number of morpholine rings is 1. The molecule has 1 N–H and O–H groups in total. The predicted molar refractivity (Wildman–Crippen MR) is 110 cm³/mol. The van der Waals surface area contributed by atoms with Gasteiger partial charge in [-0.2, -0.15) is 0 Å². The van der Waals surface area contributed by atoms with Gasteiger partial charge in [0, 0.05) is 55.5 Å². The molecule has 0 amide bonds. The highest BCUT2D eigenvalue weighted by Gasteiger charge is 2.23. The zero-order chi connectivity index (χ0) is 20.2. The number of nitrogens with zero attached hydrogens (tertiary/aromatic N) is 4. The minimum absolute atomic E-state index is 0.0495. The Bertz CT molecular complexity index is 958. The van der Waals surface area contributed by atoms with Crippen LogP contribution in [0.3, 0.4) is 0 Å². The SMILES string of the molecule is O/N=C(\Cc1ccc(F)c(Cl)c1)c1ccnc2c1CC(CCN1CCOCC1)=N2. The maximum Gasteiger partial charge on any atom is 0.155 e. The van der Waals surface area contributed by atoms with Gasteiger partial charge in [0.2, 0.25) is 0 Å². The van der Waals surface area contributed by atoms with Gasteiger partial charge in [0.25, 0.3) is 0 Å². The van der Waals surface area contributed by atoms with E-state index in [0.717, 1.165) is 61.7 Å². The molecule has 0 saturated carbocycles. The van der Waals surface area contributed by atoms with E-state index in [1.165, 1.54) is 6.07 Å². The van der Waals surface area contributed by atoms with Crippen molar-refractivity contribution in [1.29, 1.82) is 0 Å². The van der Waals surface area contributed by atoms with Gasteiger partial charge >= 0.3 is 0 Å². The van der Waals surface area contributed by atoms with Crippen molar-refractivity contribution in [3.63, 3.8) is 0 Å². The quantitative estimate of drug-likeness (QED) is 0.443. The molecule has 152 valence electrons. The lowest BCUT2D eigenvalue weighted by Gasteiger charge is -2.26. The zero-order valence-electron chi connectivity index (χ0n) is 15.9. The second kappa shape index (κ2) is 8.98. The molecule has 1 aromatic carbocycles. The summed E-state index contributed by atoms with van der Waals surface area (Å²) in [5, 5.41) is 13.2. The number of oxime groups is 1. The van der Waals surface area contributed by atoms with E-state index in [1.807, 2.05) is 6.07 Å². The van der Waals surface area contributed by atoms with E-state index in [9.17, 15) is 9.60 Å². The third kappa shape index (κ3) is 4.63. The van der Waals surface area contributed by atoms with Crippen molar-refractivity contribution in [1.82, 2.24) is 9.88 Å². The van der Waals surface area contributed by atoms with Crippen molar-refractivity contribution in [3.05, 3.63) is 58.0 Å². The van der Waals surface area contributed by atoms with E-state index in [1.54, 1.807) is 18.3 Å². The molecule has 6 nitrogen and oxygen atoms in total. The van der Waals surface area contributed by atoms with Crippen LogP contribution < -0.4 is 0 Å². The molecule has 0 unspecified atom stereocenters. The molecule has 2 aliphatic heterocycles. The fraction of sp³-hybridized carbons (Fsp3) is 0.381. The van der Waals surface area contributed by atoms with Crippen LogP contribution in [0.15, 0.2) is 40.6 Å². The van der Waals surface area contributed by atoms with Gasteiger partial charge in [-0.25, -0.2) is 14.4 Å². The Morgan fingerprint density at radius 1 is 1.28 bits per heavy atom. The molecule has 0 atom stereocenters. The molecular weight excluding hydrogens is 395 g/mol. The summed E-state index contributed by atoms with van der Waals surface area (Å²) in [5.41, 5.74) is 4.10. The Morgan fingerprint density at radius 3 is 2.86 bits per heavy atom. The van der Waals surface area contributed by atoms with Crippen LogP contribution >= 0.6 is 11.6 Å². The van der Waals surface area contributed by atoms with E-state index < -0.39 is 5.82 Å². The summed E-state index contributed by atoms with van der Waals surface area (Å²) >= 11 is 5.88. The monoisotopic (exact) mass is 416 g/mol. The Morgan fingerprint density at radius 2 is 2.10 bits per heavy atom. The van der Waals surface area contributed by atoms with Gasteiger partial charge in [0.05, 0.1) is 23.9 Å². The topological polar surface area (TPSA) is 70.3 Å². The lowest BCUT2D eigenvalue weighted by atomic mass is 9.96. The minimum atomic E-state index is -0.471. The fourth-order valence-corrected chi connectivity index (χ4v) is 3.90. The van der Waals surface area contributed by atoms with Crippen molar-refractivity contribution in [2.75, 3.05) is 32.8 Å². The number of pyridine rings is 1. The van der Waals surface area contributed by atoms with Crippen molar-refractivity contribution in [3.8, 4) is 0 Å². The fourth-order valence-electron chi connectivity index (χ4n) is 3.70. The van der Waals surface area contributed by atoms with Gasteiger partial charge in [-0.1, -0.05) is 22.8 Å². The Balaban J connectivity index is 1.47. The molecule has 0 radical (unpaired) electrons. The largest absolute Gasteiger partial charge is 0.411 e. The number of hydrogen-bond acceptors (Lipinski definition) is 6. The summed E-state index contributed by atoms with van der Waals surface area (Å²) < 4.78 is 18.8. The molecule has 4 rings (SSSR count). The van der Waals surface area contributed by atoms with Gasteiger partial charge in [-0.15, -0.1) is 0 Å². The molecule has 0 aliphatic carbocycles. The van der Waals surface area contributed by atoms with Crippen LogP contribution in [0.4, 0.5) is 10.2 Å². The number of rotatable bonds is 6. The molecular formula is C21H22ClFN4O2. The second-order valence-electron chi connectivity index (χ2n) is 7.19. The van der Waals surface area contributed by atoms with Crippen LogP contribution in [-0.2, 0) is 17.6 Å². The average Bonchev–Trinajstić information content (AvgIpc) is 3.17. The van der Waals surface area contributed by atoms with Gasteiger partial charge in [-0.05, 0) is 30.2 Å². The smallest absolute Gasteiger partial charge is 0.155 e. The first kappa shape index (κ1) is 19.9. The van der Waals surface area contributed by atoms with Crippen molar-refractivity contribution in [2.45, 2.75) is 19.3 Å². The molecule has 8 heteroatoms. The summed E-state index contributed by atoms with van der Waals surface area (Å²) in [4.78, 5) is 11.4. The van der Waals surface area contributed by atoms with Crippen LogP contribution in [0, 0.1) is 5.82 Å². The number of fused-ring (bicyclic) bond motifs is 1. The average molecular weight is 417 g/mol. The standard InChI is InChI=1S/C21H22ClFN4O2/c22-18-11-14(1-2-19(18)23)12-20(26-28)16-3-5-24-21-17(16)13-15(25-21)4-6-27-7-9-29-10-8-27/h1-3,5,11,28H,4,6-10,12-13H2/b26-20+. The van der Waals surface area contributed by atoms with Crippen molar-refractivity contribution in [2.24, 2.45) is 10.1 Å². The van der Waals surface area contributed by atoms with Gasteiger partial charge < -0.3 is 9.94 Å². The van der Waals surface area contributed by atoms with Crippen molar-refractivity contribution < 1.29 is 14.3 Å². The first-order valence-electron chi connectivity index (χ1n) is 9.63. The summed E-state index contributed by atoms with van der Waals surface area (Å²) in [6, 6.07) is 6.34. The van der Waals surface area contributed by atoms with E-state index in [4.69, 9.17) is 16.3 Å². The Labute approximate surface area is 173 Å². The summed E-state index contributed by atoms with van der Waals surface area (Å²) in [5.74, 6) is 0.207. The normalized spacial score (nSPS) is 17.3. The first-order valence-corrected chi connectivity index (χ1v) is 10.0. The number of aromatic nitrogens is 1. The van der Waals surface area contributed by atoms with Gasteiger partial charge in [0.1, 0.15) is 5.82 Å². The van der Waals surface area contributed by atoms with Gasteiger partial charge in [-0.3, -0.25) is 4.90 Å². The minimum Gasteiger partial charge on any atom is -0.411 e. The second-order valence-corrected chi connectivity index (χ2v) is 7.60. The number of aliphatic imine (C=N–C) groups is 1. The molecule has 0 spiro atoms. The van der Waals surface area contributed by atoms with Gasteiger partial charge in [0.15, 0.2) is 5.82 Å². The molecule has 3 heterocycles. The highest BCUT2D eigenvalue weighted by atomic mass is 35.5. The molecule has 2 aliphatic rings. The van der Waals surface area contributed by atoms with E-state index in [2.05, 4.69) is 20.0 Å². The number of halogens is 2. The highest BCUT2D eigenvalue weighted by Crippen LogP contribution is 2.29. The molecule has 1 saturated heterocycles. The lowest BCUT2D eigenvalue weighted by Crippen LogP contribution is -2.37. The number of benzene rings is 1. The summed E-state index contributed by atoms with van der Waals surface area (Å²) in [7, 11) is 0. The molecule has 2 aromatic rings. The third-order valence-electron chi connectivity index (χ3n) is 5.29. The van der Waals surface area contributed by atoms with E-state index in [0.29, 0.717) is 24.4 Å². The predicted octanol–water partition coefficient (Wildman–Crippen LogP) is 3.65. The molecule has 29 heavy (non-hydrogen) atoms. The molecule has 1 aromatic heterocycles. The Kier molecular flexibility index (Phi) is 6.18. The zero-order valence-corrected chi connectivity index (χ0v) is 16.7. The van der Waals surface area contributed by atoms with E-state index >= 15 is 0 Å². The molecule has 1 fully saturated rings. The number of hydrogen-bond donors (Lipinski definition) is 1. The van der Waals surface area contributed by atoms with Crippen LogP contribution in [0.2, 0.25) is 5.02 Å². The first-order chi connectivity index (χ1) is 14.1. The maximum atomic E-state index is 13.4. The van der Waals surface area contributed by atoms with Crippen molar-refractivity contribution >= 4 is 28.8 Å². The number of ether oxygens (including phenoxy) is 1. The van der Waals surface area contributed by atoms with Crippen LogP contribution in [0.1, 0.15) is 23.1 Å². The molecule has 0 bridgehead atoms. The highest BCUT2D eigenvalue weighted by molar-refractivity contribution is 6.30. The third-order valence-corrected chi connectivity index (χ3v) is 5.58. The Hall–Kier alpha value is -2.35. The maximum absolute atomic E-state index is 13.4. The van der Waals surface area contributed by atoms with E-state index in [-0.39, 0.29) is 5.02 Å². The van der Waals surface area contributed by atoms with Crippen LogP contribution in [0.25, 0.3) is 0 Å². The summed E-state index contributed by atoms with van der Waals surface area (Å²) in [6.07, 6.45) is 3.56. The van der Waals surface area contributed by atoms with Crippen LogP contribution in [0.5, 0.6) is 0 Å². The van der Waals surface area contributed by atoms with Crippen LogP contribution in [-0.4, -0.2) is 59.4 Å². The lowest BCUT2D eigenvalue weighted by molar-refractivity contribution is 0.0392. The summed E-state index contributed by atoms with van der Waals surface area (Å²) in [6.45, 7) is 4.40.